The molecule has 0 spiro atoms. The number of nitrogens with zero attached hydrogens (tertiary/aromatic N) is 2. The maximum absolute atomic E-state index is 12.9. The molecule has 37 heavy (non-hydrogen) atoms. The zero-order chi connectivity index (χ0) is 25.9. The Balaban J connectivity index is 1.29. The normalized spacial score (nSPS) is 17.2. The van der Waals surface area contributed by atoms with Gasteiger partial charge < -0.3 is 14.4 Å². The highest BCUT2D eigenvalue weighted by molar-refractivity contribution is 8.18. The number of thioether (sulfide) groups is 1. The van der Waals surface area contributed by atoms with Crippen molar-refractivity contribution >= 4 is 68.9 Å². The van der Waals surface area contributed by atoms with E-state index in [9.17, 15) is 14.4 Å². The molecule has 5 rings (SSSR count). The predicted octanol–water partition coefficient (Wildman–Crippen LogP) is 5.62. The van der Waals surface area contributed by atoms with Crippen LogP contribution in [-0.2, 0) is 20.9 Å². The topological polar surface area (TPSA) is 76.2 Å². The lowest BCUT2D eigenvalue weighted by atomic mass is 10.1. The molecule has 2 fully saturated rings. The first-order valence-corrected chi connectivity index (χ1v) is 13.2. The third kappa shape index (κ3) is 5.62. The Bertz CT molecular complexity index is 1390. The van der Waals surface area contributed by atoms with E-state index in [1.807, 2.05) is 42.5 Å². The molecule has 7 nitrogen and oxygen atoms in total. The molecule has 2 heterocycles. The maximum atomic E-state index is 12.9. The van der Waals surface area contributed by atoms with Gasteiger partial charge in [0.15, 0.2) is 5.75 Å². The van der Waals surface area contributed by atoms with Crippen LogP contribution < -0.4 is 4.74 Å². The number of hydrogen-bond acceptors (Lipinski definition) is 6. The minimum absolute atomic E-state index is 0.191. The first-order chi connectivity index (χ1) is 17.9. The lowest BCUT2D eigenvalue weighted by molar-refractivity contribution is -0.139. The van der Waals surface area contributed by atoms with Crippen molar-refractivity contribution in [1.29, 1.82) is 0 Å². The van der Waals surface area contributed by atoms with Crippen LogP contribution in [0.1, 0.15) is 11.1 Å². The smallest absolute Gasteiger partial charge is 0.294 e. The molecule has 10 heteroatoms. The number of carbonyl (C=O) groups is 3. The molecule has 3 aromatic rings. The predicted molar refractivity (Wildman–Crippen MR) is 145 cm³/mol. The van der Waals surface area contributed by atoms with E-state index >= 15 is 0 Å². The van der Waals surface area contributed by atoms with Crippen molar-refractivity contribution in [3.05, 3.63) is 80.7 Å². The Morgan fingerprint density at radius 1 is 1.03 bits per heavy atom. The van der Waals surface area contributed by atoms with E-state index in [-0.39, 0.29) is 34.0 Å². The summed E-state index contributed by atoms with van der Waals surface area (Å²) in [6.45, 7) is 1.74. The standard InChI is InChI=1S/C27H22Cl2N2O5S/c28-21-12-17(13-22(29)25(21)36-16-19-6-3-5-18-4-1-2-7-20(18)19)14-23-26(33)31(27(34)37-23)15-24(32)30-8-10-35-11-9-30/h1-7,12-14H,8-11,15-16H2/b23-14+. The summed E-state index contributed by atoms with van der Waals surface area (Å²) in [6.07, 6.45) is 1.54. The fourth-order valence-corrected chi connectivity index (χ4v) is 5.66. The Labute approximate surface area is 227 Å². The van der Waals surface area contributed by atoms with E-state index in [0.717, 1.165) is 33.0 Å². The minimum Gasteiger partial charge on any atom is -0.486 e. The molecule has 0 aromatic heterocycles. The molecule has 0 bridgehead atoms. The first kappa shape index (κ1) is 25.6. The van der Waals surface area contributed by atoms with Gasteiger partial charge in [0.25, 0.3) is 11.1 Å². The Hall–Kier alpha value is -3.04. The highest BCUT2D eigenvalue weighted by atomic mass is 35.5. The van der Waals surface area contributed by atoms with Crippen LogP contribution in [0.4, 0.5) is 4.79 Å². The van der Waals surface area contributed by atoms with E-state index < -0.39 is 11.1 Å². The van der Waals surface area contributed by atoms with Crippen LogP contribution in [0, 0.1) is 0 Å². The number of hydrogen-bond donors (Lipinski definition) is 0. The van der Waals surface area contributed by atoms with Gasteiger partial charge >= 0.3 is 0 Å². The average Bonchev–Trinajstić information content (AvgIpc) is 3.16. The number of benzene rings is 3. The van der Waals surface area contributed by atoms with Crippen LogP contribution in [-0.4, -0.2) is 59.7 Å². The number of rotatable bonds is 6. The van der Waals surface area contributed by atoms with Crippen molar-refractivity contribution in [1.82, 2.24) is 9.80 Å². The molecule has 0 atom stereocenters. The number of ether oxygens (including phenoxy) is 2. The SMILES string of the molecule is O=C(CN1C(=O)S/C(=C/c2cc(Cl)c(OCc3cccc4ccccc34)c(Cl)c2)C1=O)N1CCOCC1. The van der Waals surface area contributed by atoms with E-state index in [1.54, 1.807) is 17.0 Å². The lowest BCUT2D eigenvalue weighted by Crippen LogP contribution is -2.46. The lowest BCUT2D eigenvalue weighted by Gasteiger charge is -2.28. The number of fused-ring (bicyclic) bond motifs is 1. The molecule has 0 aliphatic carbocycles. The first-order valence-electron chi connectivity index (χ1n) is 11.6. The van der Waals surface area contributed by atoms with Gasteiger partial charge in [0.05, 0.1) is 28.2 Å². The van der Waals surface area contributed by atoms with Gasteiger partial charge in [-0.05, 0) is 51.9 Å². The molecular formula is C27H22Cl2N2O5S. The summed E-state index contributed by atoms with van der Waals surface area (Å²) in [5.41, 5.74) is 1.53. The zero-order valence-electron chi connectivity index (χ0n) is 19.6. The van der Waals surface area contributed by atoms with E-state index in [1.165, 1.54) is 6.08 Å². The molecule has 2 aliphatic rings. The second-order valence-electron chi connectivity index (χ2n) is 8.50. The van der Waals surface area contributed by atoms with Gasteiger partial charge in [0.2, 0.25) is 5.91 Å². The van der Waals surface area contributed by atoms with Crippen molar-refractivity contribution in [3.8, 4) is 5.75 Å². The van der Waals surface area contributed by atoms with Crippen LogP contribution in [0.5, 0.6) is 5.75 Å². The van der Waals surface area contributed by atoms with Gasteiger partial charge in [0.1, 0.15) is 13.2 Å². The minimum atomic E-state index is -0.528. The zero-order valence-corrected chi connectivity index (χ0v) is 21.9. The third-order valence-electron chi connectivity index (χ3n) is 6.10. The second kappa shape index (κ2) is 11.1. The summed E-state index contributed by atoms with van der Waals surface area (Å²) in [6, 6.07) is 17.3. The Kier molecular flexibility index (Phi) is 7.71. The number of morpholine rings is 1. The Morgan fingerprint density at radius 2 is 1.73 bits per heavy atom. The van der Waals surface area contributed by atoms with E-state index in [4.69, 9.17) is 32.7 Å². The second-order valence-corrected chi connectivity index (χ2v) is 10.3. The fraction of sp³-hybridized carbons (Fsp3) is 0.222. The summed E-state index contributed by atoms with van der Waals surface area (Å²) >= 11 is 13.7. The summed E-state index contributed by atoms with van der Waals surface area (Å²) < 4.78 is 11.2. The molecule has 0 N–H and O–H groups in total. The number of amides is 3. The number of carbonyl (C=O) groups excluding carboxylic acids is 3. The largest absolute Gasteiger partial charge is 0.486 e. The van der Waals surface area contributed by atoms with Crippen LogP contribution in [0.3, 0.4) is 0 Å². The van der Waals surface area contributed by atoms with Gasteiger partial charge in [-0.1, -0.05) is 65.7 Å². The van der Waals surface area contributed by atoms with Crippen molar-refractivity contribution in [2.75, 3.05) is 32.8 Å². The van der Waals surface area contributed by atoms with Gasteiger partial charge in [-0.15, -0.1) is 0 Å². The number of halogens is 2. The molecule has 3 amide bonds. The van der Waals surface area contributed by atoms with Crippen LogP contribution in [0.15, 0.2) is 59.5 Å². The molecule has 0 unspecified atom stereocenters. The van der Waals surface area contributed by atoms with E-state index in [2.05, 4.69) is 0 Å². The molecule has 0 radical (unpaired) electrons. The van der Waals surface area contributed by atoms with Gasteiger partial charge in [-0.2, -0.15) is 0 Å². The van der Waals surface area contributed by atoms with Crippen molar-refractivity contribution < 1.29 is 23.9 Å². The summed E-state index contributed by atoms with van der Waals surface area (Å²) in [7, 11) is 0. The van der Waals surface area contributed by atoms with Crippen LogP contribution in [0.2, 0.25) is 10.0 Å². The monoisotopic (exact) mass is 556 g/mol. The molecule has 2 aliphatic heterocycles. The molecular weight excluding hydrogens is 535 g/mol. The average molecular weight is 557 g/mol. The van der Waals surface area contributed by atoms with Gasteiger partial charge in [0, 0.05) is 13.1 Å². The third-order valence-corrected chi connectivity index (χ3v) is 7.57. The highest BCUT2D eigenvalue weighted by Crippen LogP contribution is 2.38. The van der Waals surface area contributed by atoms with Crippen molar-refractivity contribution in [2.24, 2.45) is 0 Å². The van der Waals surface area contributed by atoms with Crippen LogP contribution in [0.25, 0.3) is 16.8 Å². The molecule has 190 valence electrons. The van der Waals surface area contributed by atoms with Gasteiger partial charge in [-0.3, -0.25) is 19.3 Å². The highest BCUT2D eigenvalue weighted by Gasteiger charge is 2.37. The molecule has 3 aromatic carbocycles. The maximum Gasteiger partial charge on any atom is 0.294 e. The van der Waals surface area contributed by atoms with Crippen molar-refractivity contribution in [2.45, 2.75) is 6.61 Å². The summed E-state index contributed by atoms with van der Waals surface area (Å²) in [5.74, 6) is -0.483. The summed E-state index contributed by atoms with van der Waals surface area (Å²) in [4.78, 5) is 40.6. The van der Waals surface area contributed by atoms with Crippen molar-refractivity contribution in [3.63, 3.8) is 0 Å². The quantitative estimate of drug-likeness (QED) is 0.367. The van der Waals surface area contributed by atoms with Gasteiger partial charge in [-0.25, -0.2) is 0 Å². The number of imide groups is 1. The summed E-state index contributed by atoms with van der Waals surface area (Å²) in [5, 5.41) is 2.25. The Morgan fingerprint density at radius 3 is 2.49 bits per heavy atom. The molecule has 2 saturated heterocycles. The molecule has 0 saturated carbocycles. The fourth-order valence-electron chi connectivity index (χ4n) is 4.20. The van der Waals surface area contributed by atoms with E-state index in [0.29, 0.717) is 37.6 Å². The van der Waals surface area contributed by atoms with Crippen LogP contribution >= 0.6 is 35.0 Å².